The maximum absolute atomic E-state index is 5.58. The molecule has 2 rings (SSSR count). The number of fused-ring (bicyclic) bond motifs is 1. The molecule has 1 aromatic carbocycles. The first-order valence-corrected chi connectivity index (χ1v) is 4.82. The molecule has 76 valence electrons. The summed E-state index contributed by atoms with van der Waals surface area (Å²) in [6.07, 6.45) is 0.846. The zero-order valence-electron chi connectivity index (χ0n) is 8.59. The third kappa shape index (κ3) is 1.34. The monoisotopic (exact) mass is 193 g/mol. The average molecular weight is 193 g/mol. The molecule has 0 saturated heterocycles. The van der Waals surface area contributed by atoms with E-state index in [0.717, 1.165) is 17.9 Å². The van der Waals surface area contributed by atoms with E-state index in [-0.39, 0.29) is 0 Å². The van der Waals surface area contributed by atoms with E-state index in [1.165, 1.54) is 16.7 Å². The molecule has 0 aromatic heterocycles. The Morgan fingerprint density at radius 1 is 1.36 bits per heavy atom. The number of aryl methyl sites for hydroxylation is 1. The minimum atomic E-state index is 0.329. The average Bonchev–Trinajstić information content (AvgIpc) is 2.60. The van der Waals surface area contributed by atoms with Crippen LogP contribution in [-0.2, 0) is 6.42 Å². The highest BCUT2D eigenvalue weighted by molar-refractivity contribution is 5.55. The summed E-state index contributed by atoms with van der Waals surface area (Å²) in [5.74, 6) is 1.75. The van der Waals surface area contributed by atoms with Gasteiger partial charge in [0.25, 0.3) is 0 Å². The second-order valence-corrected chi connectivity index (χ2v) is 3.57. The Morgan fingerprint density at radius 2 is 2.14 bits per heavy atom. The van der Waals surface area contributed by atoms with Gasteiger partial charge in [0.05, 0.1) is 0 Å². The van der Waals surface area contributed by atoms with Gasteiger partial charge >= 0.3 is 0 Å². The Bertz CT molecular complexity index is 361. The van der Waals surface area contributed by atoms with Crippen LogP contribution in [0, 0.1) is 13.8 Å². The standard InChI is InChI=1S/C11H15NO2/c1-7-5-10-11(14-6-13-10)9(3-4-12)8(7)2/h5H,3-4,6,12H2,1-2H3. The maximum atomic E-state index is 5.58. The van der Waals surface area contributed by atoms with Crippen molar-refractivity contribution in [3.05, 3.63) is 22.8 Å². The van der Waals surface area contributed by atoms with Crippen molar-refractivity contribution in [1.29, 1.82) is 0 Å². The summed E-state index contributed by atoms with van der Waals surface area (Å²) in [7, 11) is 0. The van der Waals surface area contributed by atoms with Gasteiger partial charge in [-0.15, -0.1) is 0 Å². The van der Waals surface area contributed by atoms with Crippen LogP contribution in [-0.4, -0.2) is 13.3 Å². The Morgan fingerprint density at radius 3 is 2.86 bits per heavy atom. The van der Waals surface area contributed by atoms with Crippen molar-refractivity contribution in [2.75, 3.05) is 13.3 Å². The SMILES string of the molecule is Cc1cc2c(c(CCN)c1C)OCO2. The molecule has 2 N–H and O–H groups in total. The van der Waals surface area contributed by atoms with Gasteiger partial charge in [0, 0.05) is 5.56 Å². The van der Waals surface area contributed by atoms with E-state index in [2.05, 4.69) is 13.8 Å². The molecule has 3 nitrogen and oxygen atoms in total. The minimum Gasteiger partial charge on any atom is -0.454 e. The summed E-state index contributed by atoms with van der Waals surface area (Å²) in [4.78, 5) is 0. The van der Waals surface area contributed by atoms with Crippen molar-refractivity contribution < 1.29 is 9.47 Å². The largest absolute Gasteiger partial charge is 0.454 e. The van der Waals surface area contributed by atoms with E-state index >= 15 is 0 Å². The van der Waals surface area contributed by atoms with E-state index in [1.54, 1.807) is 0 Å². The van der Waals surface area contributed by atoms with Crippen molar-refractivity contribution in [2.24, 2.45) is 5.73 Å². The quantitative estimate of drug-likeness (QED) is 0.774. The first-order valence-electron chi connectivity index (χ1n) is 4.82. The molecular formula is C11H15NO2. The van der Waals surface area contributed by atoms with Crippen molar-refractivity contribution in [3.8, 4) is 11.5 Å². The van der Waals surface area contributed by atoms with Gasteiger partial charge in [-0.25, -0.2) is 0 Å². The topological polar surface area (TPSA) is 44.5 Å². The third-order valence-corrected chi connectivity index (χ3v) is 2.70. The molecule has 3 heteroatoms. The van der Waals surface area contributed by atoms with Crippen molar-refractivity contribution in [3.63, 3.8) is 0 Å². The zero-order valence-corrected chi connectivity index (χ0v) is 8.59. The van der Waals surface area contributed by atoms with Crippen LogP contribution in [0.1, 0.15) is 16.7 Å². The van der Waals surface area contributed by atoms with Crippen LogP contribution in [0.15, 0.2) is 6.07 Å². The summed E-state index contributed by atoms with van der Waals surface area (Å²) in [6, 6.07) is 2.03. The number of hydrogen-bond acceptors (Lipinski definition) is 3. The Labute approximate surface area is 83.8 Å². The Kier molecular flexibility index (Phi) is 2.33. The molecule has 0 spiro atoms. The van der Waals surface area contributed by atoms with E-state index in [0.29, 0.717) is 13.3 Å². The zero-order chi connectivity index (χ0) is 10.1. The lowest BCUT2D eigenvalue weighted by Crippen LogP contribution is -2.06. The van der Waals surface area contributed by atoms with Gasteiger partial charge in [-0.2, -0.15) is 0 Å². The van der Waals surface area contributed by atoms with Crippen LogP contribution in [0.5, 0.6) is 11.5 Å². The van der Waals surface area contributed by atoms with Crippen LogP contribution in [0.4, 0.5) is 0 Å². The van der Waals surface area contributed by atoms with Crippen LogP contribution < -0.4 is 15.2 Å². The van der Waals surface area contributed by atoms with E-state index in [1.807, 2.05) is 6.07 Å². The smallest absolute Gasteiger partial charge is 0.231 e. The molecular weight excluding hydrogens is 178 g/mol. The number of rotatable bonds is 2. The van der Waals surface area contributed by atoms with Gasteiger partial charge in [0.1, 0.15) is 0 Å². The van der Waals surface area contributed by atoms with E-state index < -0.39 is 0 Å². The number of hydrogen-bond donors (Lipinski definition) is 1. The summed E-state index contributed by atoms with van der Waals surface area (Å²) in [5.41, 5.74) is 9.27. The highest BCUT2D eigenvalue weighted by Gasteiger charge is 2.20. The van der Waals surface area contributed by atoms with E-state index in [4.69, 9.17) is 15.2 Å². The van der Waals surface area contributed by atoms with Gasteiger partial charge in [-0.3, -0.25) is 0 Å². The molecule has 1 heterocycles. The van der Waals surface area contributed by atoms with Crippen molar-refractivity contribution in [1.82, 2.24) is 0 Å². The number of benzene rings is 1. The summed E-state index contributed by atoms with van der Waals surface area (Å²) in [5, 5.41) is 0. The fourth-order valence-corrected chi connectivity index (χ4v) is 1.79. The lowest BCUT2D eigenvalue weighted by atomic mass is 9.99. The Hall–Kier alpha value is -1.22. The van der Waals surface area contributed by atoms with Gasteiger partial charge in [-0.1, -0.05) is 0 Å². The lowest BCUT2D eigenvalue weighted by Gasteiger charge is -2.11. The molecule has 0 amide bonds. The highest BCUT2D eigenvalue weighted by Crippen LogP contribution is 2.39. The van der Waals surface area contributed by atoms with Crippen molar-refractivity contribution >= 4 is 0 Å². The van der Waals surface area contributed by atoms with E-state index in [9.17, 15) is 0 Å². The minimum absolute atomic E-state index is 0.329. The molecule has 0 atom stereocenters. The van der Waals surface area contributed by atoms with Gasteiger partial charge in [0.2, 0.25) is 6.79 Å². The van der Waals surface area contributed by atoms with Crippen LogP contribution in [0.3, 0.4) is 0 Å². The van der Waals surface area contributed by atoms with Gasteiger partial charge in [0.15, 0.2) is 11.5 Å². The fourth-order valence-electron chi connectivity index (χ4n) is 1.79. The maximum Gasteiger partial charge on any atom is 0.231 e. The van der Waals surface area contributed by atoms with Crippen LogP contribution >= 0.6 is 0 Å². The molecule has 1 aromatic rings. The first-order chi connectivity index (χ1) is 6.74. The summed E-state index contributed by atoms with van der Waals surface area (Å²) < 4.78 is 10.8. The van der Waals surface area contributed by atoms with Crippen LogP contribution in [0.2, 0.25) is 0 Å². The predicted octanol–water partition coefficient (Wildman–Crippen LogP) is 1.53. The second-order valence-electron chi connectivity index (χ2n) is 3.57. The predicted molar refractivity (Wildman–Crippen MR) is 54.8 cm³/mol. The Balaban J connectivity index is 2.54. The molecule has 14 heavy (non-hydrogen) atoms. The molecule has 1 aliphatic rings. The molecule has 1 aliphatic heterocycles. The highest BCUT2D eigenvalue weighted by atomic mass is 16.7. The van der Waals surface area contributed by atoms with Crippen molar-refractivity contribution in [2.45, 2.75) is 20.3 Å². The normalized spacial score (nSPS) is 13.4. The lowest BCUT2D eigenvalue weighted by molar-refractivity contribution is 0.173. The molecule has 0 unspecified atom stereocenters. The van der Waals surface area contributed by atoms with Gasteiger partial charge < -0.3 is 15.2 Å². The van der Waals surface area contributed by atoms with Crippen LogP contribution in [0.25, 0.3) is 0 Å². The molecule has 0 bridgehead atoms. The number of nitrogens with two attached hydrogens (primary N) is 1. The third-order valence-electron chi connectivity index (χ3n) is 2.70. The molecule has 0 radical (unpaired) electrons. The summed E-state index contributed by atoms with van der Waals surface area (Å²) in [6.45, 7) is 5.15. The number of ether oxygens (including phenoxy) is 2. The molecule has 0 fully saturated rings. The molecule has 0 aliphatic carbocycles. The molecule has 0 saturated carbocycles. The summed E-state index contributed by atoms with van der Waals surface area (Å²) >= 11 is 0. The van der Waals surface area contributed by atoms with Gasteiger partial charge in [-0.05, 0) is 44.0 Å². The second kappa shape index (κ2) is 3.50. The first kappa shape index (κ1) is 9.34. The fraction of sp³-hybridized carbons (Fsp3) is 0.455.